The molecular formula is C22H23Cl2N3O4. The van der Waals surface area contributed by atoms with Gasteiger partial charge in [0.15, 0.2) is 11.5 Å². The van der Waals surface area contributed by atoms with Crippen LogP contribution in [-0.4, -0.2) is 67.6 Å². The smallest absolute Gasteiger partial charge is 0.253 e. The molecule has 0 aromatic heterocycles. The zero-order valence-electron chi connectivity index (χ0n) is 16.9. The third-order valence-corrected chi connectivity index (χ3v) is 5.76. The summed E-state index contributed by atoms with van der Waals surface area (Å²) in [6, 6.07) is 10.3. The first-order valence-electron chi connectivity index (χ1n) is 10.2. The first-order valence-corrected chi connectivity index (χ1v) is 10.9. The van der Waals surface area contributed by atoms with Crippen LogP contribution in [0.1, 0.15) is 16.8 Å². The number of ether oxygens (including phenoxy) is 2. The SMILES string of the molecule is O=C(CN1CCN(C(=O)c2cccc(Cl)c2)CC1)Nc1cc2c(cc1Cl)OCCCO2. The summed E-state index contributed by atoms with van der Waals surface area (Å²) in [5.74, 6) is 0.933. The Morgan fingerprint density at radius 1 is 0.968 bits per heavy atom. The lowest BCUT2D eigenvalue weighted by Gasteiger charge is -2.34. The van der Waals surface area contributed by atoms with Crippen molar-refractivity contribution in [2.24, 2.45) is 0 Å². The first kappa shape index (κ1) is 21.7. The highest BCUT2D eigenvalue weighted by molar-refractivity contribution is 6.34. The van der Waals surface area contributed by atoms with Crippen LogP contribution < -0.4 is 14.8 Å². The largest absolute Gasteiger partial charge is 0.490 e. The molecule has 4 rings (SSSR count). The molecule has 2 amide bonds. The van der Waals surface area contributed by atoms with E-state index in [0.29, 0.717) is 72.2 Å². The second-order valence-corrected chi connectivity index (χ2v) is 8.30. The lowest BCUT2D eigenvalue weighted by Crippen LogP contribution is -2.50. The molecule has 0 saturated carbocycles. The molecule has 2 aromatic rings. The summed E-state index contributed by atoms with van der Waals surface area (Å²) in [7, 11) is 0. The lowest BCUT2D eigenvalue weighted by atomic mass is 10.2. The summed E-state index contributed by atoms with van der Waals surface area (Å²) >= 11 is 12.3. The van der Waals surface area contributed by atoms with Gasteiger partial charge in [-0.1, -0.05) is 29.3 Å². The number of amides is 2. The number of nitrogens with one attached hydrogen (secondary N) is 1. The summed E-state index contributed by atoms with van der Waals surface area (Å²) in [6.07, 6.45) is 0.791. The number of piperazine rings is 1. The van der Waals surface area contributed by atoms with Gasteiger partial charge in [0.1, 0.15) is 0 Å². The van der Waals surface area contributed by atoms with Crippen LogP contribution in [0.25, 0.3) is 0 Å². The molecule has 0 aliphatic carbocycles. The van der Waals surface area contributed by atoms with Gasteiger partial charge in [-0.25, -0.2) is 0 Å². The molecule has 7 nitrogen and oxygen atoms in total. The number of benzene rings is 2. The predicted octanol–water partition coefficient (Wildman–Crippen LogP) is 3.55. The van der Waals surface area contributed by atoms with Gasteiger partial charge in [0.25, 0.3) is 5.91 Å². The second-order valence-electron chi connectivity index (χ2n) is 7.46. The highest BCUT2D eigenvalue weighted by Crippen LogP contribution is 2.37. The fraction of sp³-hybridized carbons (Fsp3) is 0.364. The molecule has 0 radical (unpaired) electrons. The normalized spacial score (nSPS) is 16.5. The van der Waals surface area contributed by atoms with Gasteiger partial charge < -0.3 is 19.7 Å². The Hall–Kier alpha value is -2.48. The minimum atomic E-state index is -0.175. The molecule has 1 fully saturated rings. The molecule has 0 spiro atoms. The zero-order chi connectivity index (χ0) is 21.8. The molecule has 31 heavy (non-hydrogen) atoms. The van der Waals surface area contributed by atoms with E-state index in [-0.39, 0.29) is 18.4 Å². The van der Waals surface area contributed by atoms with Gasteiger partial charge in [0, 0.05) is 55.3 Å². The van der Waals surface area contributed by atoms with Crippen LogP contribution in [0.4, 0.5) is 5.69 Å². The molecular weight excluding hydrogens is 441 g/mol. The van der Waals surface area contributed by atoms with E-state index in [1.54, 1.807) is 41.3 Å². The summed E-state index contributed by atoms with van der Waals surface area (Å²) in [6.45, 7) is 3.64. The Morgan fingerprint density at radius 2 is 1.68 bits per heavy atom. The number of fused-ring (bicyclic) bond motifs is 1. The van der Waals surface area contributed by atoms with Gasteiger partial charge >= 0.3 is 0 Å². The van der Waals surface area contributed by atoms with Crippen molar-refractivity contribution in [3.05, 3.63) is 52.0 Å². The molecule has 2 heterocycles. The maximum Gasteiger partial charge on any atom is 0.253 e. The minimum Gasteiger partial charge on any atom is -0.490 e. The Bertz CT molecular complexity index is 977. The molecule has 9 heteroatoms. The van der Waals surface area contributed by atoms with Gasteiger partial charge in [0.05, 0.1) is 30.5 Å². The van der Waals surface area contributed by atoms with Crippen LogP contribution in [0.2, 0.25) is 10.0 Å². The van der Waals surface area contributed by atoms with Gasteiger partial charge in [-0.15, -0.1) is 0 Å². The highest BCUT2D eigenvalue weighted by Gasteiger charge is 2.24. The Labute approximate surface area is 190 Å². The monoisotopic (exact) mass is 463 g/mol. The van der Waals surface area contributed by atoms with Crippen molar-refractivity contribution in [2.45, 2.75) is 6.42 Å². The van der Waals surface area contributed by atoms with E-state index >= 15 is 0 Å². The molecule has 1 N–H and O–H groups in total. The second kappa shape index (κ2) is 9.77. The third kappa shape index (κ3) is 5.42. The summed E-state index contributed by atoms with van der Waals surface area (Å²) < 4.78 is 11.3. The van der Waals surface area contributed by atoms with E-state index in [2.05, 4.69) is 5.32 Å². The number of carbonyl (C=O) groups excluding carboxylic acids is 2. The number of nitrogens with zero attached hydrogens (tertiary/aromatic N) is 2. The van der Waals surface area contributed by atoms with E-state index in [4.69, 9.17) is 32.7 Å². The lowest BCUT2D eigenvalue weighted by molar-refractivity contribution is -0.117. The fourth-order valence-corrected chi connectivity index (χ4v) is 3.98. The molecule has 0 atom stereocenters. The topological polar surface area (TPSA) is 71.1 Å². The van der Waals surface area contributed by atoms with Crippen molar-refractivity contribution >= 4 is 40.7 Å². The van der Waals surface area contributed by atoms with E-state index in [1.165, 1.54) is 0 Å². The summed E-state index contributed by atoms with van der Waals surface area (Å²) in [5.41, 5.74) is 1.06. The summed E-state index contributed by atoms with van der Waals surface area (Å²) in [5, 5.41) is 3.79. The van der Waals surface area contributed by atoms with Gasteiger partial charge in [-0.2, -0.15) is 0 Å². The van der Waals surface area contributed by atoms with E-state index in [1.807, 2.05) is 4.90 Å². The molecule has 164 valence electrons. The predicted molar refractivity (Wildman–Crippen MR) is 119 cm³/mol. The number of carbonyl (C=O) groups is 2. The maximum atomic E-state index is 12.6. The number of rotatable bonds is 4. The van der Waals surface area contributed by atoms with Crippen LogP contribution in [0.15, 0.2) is 36.4 Å². The number of hydrogen-bond donors (Lipinski definition) is 1. The van der Waals surface area contributed by atoms with Crippen molar-refractivity contribution in [1.29, 1.82) is 0 Å². The van der Waals surface area contributed by atoms with Crippen LogP contribution in [0.5, 0.6) is 11.5 Å². The highest BCUT2D eigenvalue weighted by atomic mass is 35.5. The zero-order valence-corrected chi connectivity index (χ0v) is 18.4. The standard InChI is InChI=1S/C22H23Cl2N3O4/c23-16-4-1-3-15(11-16)22(29)27-7-5-26(6-8-27)14-21(28)25-18-13-20-19(12-17(18)24)30-9-2-10-31-20/h1,3-4,11-13H,2,5-10,14H2,(H,25,28). The maximum absolute atomic E-state index is 12.6. The van der Waals surface area contributed by atoms with Crippen LogP contribution in [0.3, 0.4) is 0 Å². The number of hydrogen-bond acceptors (Lipinski definition) is 5. The van der Waals surface area contributed by atoms with E-state index < -0.39 is 0 Å². The van der Waals surface area contributed by atoms with Crippen molar-refractivity contribution in [3.8, 4) is 11.5 Å². The van der Waals surface area contributed by atoms with E-state index in [9.17, 15) is 9.59 Å². The molecule has 1 saturated heterocycles. The van der Waals surface area contributed by atoms with E-state index in [0.717, 1.165) is 6.42 Å². The number of anilines is 1. The average Bonchev–Trinajstić information content (AvgIpc) is 2.99. The third-order valence-electron chi connectivity index (χ3n) is 5.21. The Balaban J connectivity index is 1.30. The Kier molecular flexibility index (Phi) is 6.85. The van der Waals surface area contributed by atoms with Gasteiger partial charge in [-0.3, -0.25) is 14.5 Å². The molecule has 0 unspecified atom stereocenters. The van der Waals surface area contributed by atoms with Gasteiger partial charge in [0.2, 0.25) is 5.91 Å². The number of halogens is 2. The van der Waals surface area contributed by atoms with Crippen LogP contribution >= 0.6 is 23.2 Å². The molecule has 0 bridgehead atoms. The van der Waals surface area contributed by atoms with Gasteiger partial charge in [-0.05, 0) is 18.2 Å². The minimum absolute atomic E-state index is 0.0504. The molecule has 2 aliphatic rings. The van der Waals surface area contributed by atoms with Crippen molar-refractivity contribution in [1.82, 2.24) is 9.80 Å². The van der Waals surface area contributed by atoms with Crippen LogP contribution in [-0.2, 0) is 4.79 Å². The average molecular weight is 464 g/mol. The van der Waals surface area contributed by atoms with Crippen molar-refractivity contribution < 1.29 is 19.1 Å². The van der Waals surface area contributed by atoms with Crippen molar-refractivity contribution in [3.63, 3.8) is 0 Å². The molecule has 2 aliphatic heterocycles. The van der Waals surface area contributed by atoms with Crippen LogP contribution in [0, 0.1) is 0 Å². The fourth-order valence-electron chi connectivity index (χ4n) is 3.59. The quantitative estimate of drug-likeness (QED) is 0.750. The summed E-state index contributed by atoms with van der Waals surface area (Å²) in [4.78, 5) is 29.0. The first-order chi connectivity index (χ1) is 15.0. The van der Waals surface area contributed by atoms with Crippen molar-refractivity contribution in [2.75, 3.05) is 51.3 Å². The Morgan fingerprint density at radius 3 is 2.39 bits per heavy atom. The molecule has 2 aromatic carbocycles.